The van der Waals surface area contributed by atoms with Gasteiger partial charge in [0, 0.05) is 38.8 Å². The number of benzene rings is 1. The van der Waals surface area contributed by atoms with Crippen molar-refractivity contribution in [1.29, 1.82) is 0 Å². The van der Waals surface area contributed by atoms with Crippen molar-refractivity contribution in [2.45, 2.75) is 19.8 Å². The van der Waals surface area contributed by atoms with E-state index in [4.69, 9.17) is 9.47 Å². The van der Waals surface area contributed by atoms with Crippen molar-refractivity contribution in [2.75, 3.05) is 57.9 Å². The number of likely N-dealkylation sites (tertiary alicyclic amines) is 1. The number of nitrogens with one attached hydrogen (secondary N) is 1. The summed E-state index contributed by atoms with van der Waals surface area (Å²) < 4.78 is 24.8. The summed E-state index contributed by atoms with van der Waals surface area (Å²) in [7, 11) is 0. The van der Waals surface area contributed by atoms with Gasteiger partial charge in [-0.2, -0.15) is 0 Å². The van der Waals surface area contributed by atoms with Gasteiger partial charge in [-0.15, -0.1) is 0 Å². The van der Waals surface area contributed by atoms with E-state index in [1.165, 1.54) is 6.07 Å². The number of nitrogens with zero attached hydrogens (tertiary/aromatic N) is 2. The van der Waals surface area contributed by atoms with Crippen LogP contribution in [0.3, 0.4) is 0 Å². The topological polar surface area (TPSA) is 54.0 Å². The number of hydrogen-bond acceptors (Lipinski definition) is 4. The van der Waals surface area contributed by atoms with Gasteiger partial charge in [0.25, 0.3) is 0 Å². The van der Waals surface area contributed by atoms with Crippen LogP contribution in [-0.2, 0) is 4.74 Å². The molecule has 0 unspecified atom stereocenters. The molecule has 26 heavy (non-hydrogen) atoms. The molecule has 2 saturated heterocycles. The maximum atomic E-state index is 14.2. The van der Waals surface area contributed by atoms with E-state index in [0.717, 1.165) is 45.7 Å². The molecule has 1 aromatic carbocycles. The molecule has 2 heterocycles. The fourth-order valence-corrected chi connectivity index (χ4v) is 3.60. The molecule has 0 aliphatic carbocycles. The smallest absolute Gasteiger partial charge is 0.321 e. The van der Waals surface area contributed by atoms with E-state index in [9.17, 15) is 9.18 Å². The molecular weight excluding hydrogens is 337 g/mol. The van der Waals surface area contributed by atoms with Crippen molar-refractivity contribution in [3.63, 3.8) is 0 Å². The Hall–Kier alpha value is -1.86. The van der Waals surface area contributed by atoms with Gasteiger partial charge in [-0.05, 0) is 37.8 Å². The number of morpholine rings is 1. The van der Waals surface area contributed by atoms with Crippen LogP contribution in [-0.4, -0.2) is 68.4 Å². The van der Waals surface area contributed by atoms with Crippen LogP contribution in [0.15, 0.2) is 18.2 Å². The maximum Gasteiger partial charge on any atom is 0.321 e. The summed E-state index contributed by atoms with van der Waals surface area (Å²) in [6, 6.07) is 4.28. The van der Waals surface area contributed by atoms with Gasteiger partial charge in [-0.1, -0.05) is 0 Å². The summed E-state index contributed by atoms with van der Waals surface area (Å²) in [6.45, 7) is 8.22. The fraction of sp³-hybridized carbons (Fsp3) is 0.632. The summed E-state index contributed by atoms with van der Waals surface area (Å²) in [5.74, 6) is 0.440. The van der Waals surface area contributed by atoms with E-state index >= 15 is 0 Å². The van der Waals surface area contributed by atoms with E-state index in [-0.39, 0.29) is 11.7 Å². The van der Waals surface area contributed by atoms with E-state index in [1.807, 2.05) is 6.92 Å². The Balaban J connectivity index is 1.53. The molecule has 2 fully saturated rings. The van der Waals surface area contributed by atoms with Gasteiger partial charge in [-0.3, -0.25) is 4.90 Å². The van der Waals surface area contributed by atoms with Crippen molar-refractivity contribution < 1.29 is 18.7 Å². The van der Waals surface area contributed by atoms with Crippen LogP contribution in [0.25, 0.3) is 0 Å². The van der Waals surface area contributed by atoms with Gasteiger partial charge in [0.1, 0.15) is 11.6 Å². The Morgan fingerprint density at radius 3 is 2.88 bits per heavy atom. The molecule has 3 rings (SSSR count). The predicted octanol–water partition coefficient (Wildman–Crippen LogP) is 2.80. The molecule has 0 saturated carbocycles. The Labute approximate surface area is 154 Å². The van der Waals surface area contributed by atoms with Gasteiger partial charge in [0.2, 0.25) is 0 Å². The first-order chi connectivity index (χ1) is 12.7. The second-order valence-corrected chi connectivity index (χ2v) is 6.87. The third kappa shape index (κ3) is 5.08. The summed E-state index contributed by atoms with van der Waals surface area (Å²) in [6.07, 6.45) is 2.10. The molecule has 0 spiro atoms. The second kappa shape index (κ2) is 9.19. The van der Waals surface area contributed by atoms with Crippen molar-refractivity contribution in [2.24, 2.45) is 5.92 Å². The molecule has 7 heteroatoms. The highest BCUT2D eigenvalue weighted by Crippen LogP contribution is 2.23. The number of hydrogen-bond donors (Lipinski definition) is 1. The van der Waals surface area contributed by atoms with E-state index in [0.29, 0.717) is 31.4 Å². The number of carbonyl (C=O) groups excluding carboxylic acids is 1. The minimum absolute atomic E-state index is 0.189. The van der Waals surface area contributed by atoms with E-state index in [2.05, 4.69) is 10.2 Å². The normalized spacial score (nSPS) is 21.5. The Kier molecular flexibility index (Phi) is 6.68. The number of urea groups is 1. The SMILES string of the molecule is CCOc1ccc(NC(=O)N2CCC[C@@H](CN3CCOCC3)C2)c(F)c1. The van der Waals surface area contributed by atoms with Crippen LogP contribution in [0.1, 0.15) is 19.8 Å². The summed E-state index contributed by atoms with van der Waals surface area (Å²) in [4.78, 5) is 16.8. The number of halogens is 1. The zero-order chi connectivity index (χ0) is 18.4. The highest BCUT2D eigenvalue weighted by atomic mass is 19.1. The first-order valence-electron chi connectivity index (χ1n) is 9.44. The first-order valence-corrected chi connectivity index (χ1v) is 9.44. The molecule has 2 aliphatic rings. The molecule has 6 nitrogen and oxygen atoms in total. The van der Waals surface area contributed by atoms with Crippen LogP contribution >= 0.6 is 0 Å². The van der Waals surface area contributed by atoms with Gasteiger partial charge < -0.3 is 19.7 Å². The predicted molar refractivity (Wildman–Crippen MR) is 98.1 cm³/mol. The molecule has 0 aromatic heterocycles. The molecule has 1 N–H and O–H groups in total. The number of piperidine rings is 1. The summed E-state index contributed by atoms with van der Waals surface area (Å²) >= 11 is 0. The molecule has 144 valence electrons. The standard InChI is InChI=1S/C19H28FN3O3/c1-2-26-16-5-6-18(17(20)12-16)21-19(24)23-7-3-4-15(14-23)13-22-8-10-25-11-9-22/h5-6,12,15H,2-4,7-11,13-14H2,1H3,(H,21,24)/t15-/m0/s1. The van der Waals surface area contributed by atoms with Crippen molar-refractivity contribution in [1.82, 2.24) is 9.80 Å². The summed E-state index contributed by atoms with van der Waals surface area (Å²) in [5.41, 5.74) is 0.189. The zero-order valence-corrected chi connectivity index (χ0v) is 15.4. The lowest BCUT2D eigenvalue weighted by molar-refractivity contribution is 0.0252. The first kappa shape index (κ1) is 18.9. The average Bonchev–Trinajstić information content (AvgIpc) is 2.65. The third-order valence-electron chi connectivity index (χ3n) is 4.92. The van der Waals surface area contributed by atoms with Crippen LogP contribution in [0.5, 0.6) is 5.75 Å². The molecule has 2 aliphatic heterocycles. The zero-order valence-electron chi connectivity index (χ0n) is 15.4. The van der Waals surface area contributed by atoms with Gasteiger partial charge >= 0.3 is 6.03 Å². The Bertz CT molecular complexity index is 608. The lowest BCUT2D eigenvalue weighted by Gasteiger charge is -2.36. The van der Waals surface area contributed by atoms with Crippen LogP contribution in [0, 0.1) is 11.7 Å². The monoisotopic (exact) mass is 365 g/mol. The lowest BCUT2D eigenvalue weighted by Crippen LogP contribution is -2.47. The number of carbonyl (C=O) groups is 1. The second-order valence-electron chi connectivity index (χ2n) is 6.87. The molecule has 1 atom stereocenters. The molecule has 0 radical (unpaired) electrons. The van der Waals surface area contributed by atoms with Gasteiger partial charge in [0.15, 0.2) is 0 Å². The molecule has 1 aromatic rings. The number of rotatable bonds is 5. The lowest BCUT2D eigenvalue weighted by atomic mass is 9.97. The van der Waals surface area contributed by atoms with Crippen LogP contribution in [0.2, 0.25) is 0 Å². The van der Waals surface area contributed by atoms with Crippen LogP contribution in [0.4, 0.5) is 14.9 Å². The quantitative estimate of drug-likeness (QED) is 0.872. The minimum Gasteiger partial charge on any atom is -0.494 e. The molecular formula is C19H28FN3O3. The largest absolute Gasteiger partial charge is 0.494 e. The molecule has 2 amide bonds. The van der Waals surface area contributed by atoms with E-state index < -0.39 is 5.82 Å². The molecule has 0 bridgehead atoms. The number of anilines is 1. The van der Waals surface area contributed by atoms with Crippen LogP contribution < -0.4 is 10.1 Å². The fourth-order valence-electron chi connectivity index (χ4n) is 3.60. The average molecular weight is 365 g/mol. The minimum atomic E-state index is -0.480. The maximum absolute atomic E-state index is 14.2. The number of amides is 2. The van der Waals surface area contributed by atoms with Gasteiger partial charge in [0.05, 0.1) is 25.5 Å². The summed E-state index contributed by atoms with van der Waals surface area (Å²) in [5, 5.41) is 2.70. The van der Waals surface area contributed by atoms with Crippen molar-refractivity contribution in [3.05, 3.63) is 24.0 Å². The van der Waals surface area contributed by atoms with Gasteiger partial charge in [-0.25, -0.2) is 9.18 Å². The highest BCUT2D eigenvalue weighted by Gasteiger charge is 2.26. The Morgan fingerprint density at radius 2 is 2.15 bits per heavy atom. The number of ether oxygens (including phenoxy) is 2. The highest BCUT2D eigenvalue weighted by molar-refractivity contribution is 5.89. The Morgan fingerprint density at radius 1 is 1.35 bits per heavy atom. The van der Waals surface area contributed by atoms with E-state index in [1.54, 1.807) is 17.0 Å². The van der Waals surface area contributed by atoms with Crippen molar-refractivity contribution >= 4 is 11.7 Å². The third-order valence-corrected chi connectivity index (χ3v) is 4.92. The van der Waals surface area contributed by atoms with Crippen molar-refractivity contribution in [3.8, 4) is 5.75 Å².